The van der Waals surface area contributed by atoms with E-state index < -0.39 is 11.2 Å². The first-order valence-corrected chi connectivity index (χ1v) is 11.4. The minimum Gasteiger partial charge on any atom is -0.376 e. The molecule has 0 radical (unpaired) electrons. The smallest absolute Gasteiger partial charge is 0.332 e. The predicted molar refractivity (Wildman–Crippen MR) is 123 cm³/mol. The molecule has 1 N–H and O–H groups in total. The molecule has 10 heteroatoms. The molecule has 3 heterocycles. The molecular weight excluding hydrogens is 430 g/mol. The molecule has 0 spiro atoms. The molecule has 1 aromatic carbocycles. The van der Waals surface area contributed by atoms with Crippen molar-refractivity contribution in [2.24, 2.45) is 14.1 Å². The normalized spacial score (nSPS) is 15.9. The van der Waals surface area contributed by atoms with Crippen LogP contribution in [-0.2, 0) is 23.6 Å². The lowest BCUT2D eigenvalue weighted by Crippen LogP contribution is -2.38. The number of nitrogens with zero attached hydrogens (tertiary/aromatic N) is 4. The van der Waals surface area contributed by atoms with Crippen molar-refractivity contribution in [2.45, 2.75) is 30.9 Å². The van der Waals surface area contributed by atoms with Crippen LogP contribution in [0.3, 0.4) is 0 Å². The number of nitrogens with one attached hydrogen (secondary N) is 1. The Balaban J connectivity index is 1.70. The second kappa shape index (κ2) is 9.25. The molecule has 0 saturated carbocycles. The molecule has 0 aliphatic carbocycles. The lowest BCUT2D eigenvalue weighted by molar-refractivity contribution is -0.119. The largest absolute Gasteiger partial charge is 0.376 e. The lowest BCUT2D eigenvalue weighted by atomic mass is 10.1. The van der Waals surface area contributed by atoms with E-state index in [0.717, 1.165) is 46.9 Å². The SMILES string of the molecule is Cc1ccc(-c2nc(SCC(=O)NCC3CCCO3)c3c(=O)n(C)c(=O)n(C)c3n2)cc1. The van der Waals surface area contributed by atoms with Gasteiger partial charge < -0.3 is 10.1 Å². The van der Waals surface area contributed by atoms with Crippen LogP contribution in [-0.4, -0.2) is 50.0 Å². The number of carbonyl (C=O) groups excluding carboxylic acids is 1. The maximum Gasteiger partial charge on any atom is 0.332 e. The van der Waals surface area contributed by atoms with Crippen molar-refractivity contribution in [3.63, 3.8) is 0 Å². The van der Waals surface area contributed by atoms with Gasteiger partial charge in [-0.25, -0.2) is 14.8 Å². The van der Waals surface area contributed by atoms with Crippen LogP contribution in [0.1, 0.15) is 18.4 Å². The van der Waals surface area contributed by atoms with E-state index in [1.165, 1.54) is 11.6 Å². The van der Waals surface area contributed by atoms with Gasteiger partial charge >= 0.3 is 5.69 Å². The highest BCUT2D eigenvalue weighted by atomic mass is 32.2. The maximum absolute atomic E-state index is 12.9. The summed E-state index contributed by atoms with van der Waals surface area (Å²) in [6, 6.07) is 7.66. The number of hydrogen-bond acceptors (Lipinski definition) is 7. The highest BCUT2D eigenvalue weighted by Crippen LogP contribution is 2.26. The summed E-state index contributed by atoms with van der Waals surface area (Å²) in [7, 11) is 2.99. The quantitative estimate of drug-likeness (QED) is 0.442. The molecule has 0 bridgehead atoms. The van der Waals surface area contributed by atoms with Gasteiger partial charge in [0.05, 0.1) is 11.9 Å². The molecule has 1 saturated heterocycles. The number of aromatic nitrogens is 4. The zero-order chi connectivity index (χ0) is 22.8. The van der Waals surface area contributed by atoms with Crippen molar-refractivity contribution >= 4 is 28.7 Å². The molecule has 4 rings (SSSR count). The number of amides is 1. The van der Waals surface area contributed by atoms with E-state index in [-0.39, 0.29) is 28.8 Å². The number of carbonyl (C=O) groups is 1. The Labute approximate surface area is 188 Å². The van der Waals surface area contributed by atoms with Crippen molar-refractivity contribution in [3.8, 4) is 11.4 Å². The van der Waals surface area contributed by atoms with Crippen molar-refractivity contribution in [1.82, 2.24) is 24.4 Å². The van der Waals surface area contributed by atoms with Crippen molar-refractivity contribution in [1.29, 1.82) is 0 Å². The number of benzene rings is 1. The van der Waals surface area contributed by atoms with E-state index in [1.54, 1.807) is 7.05 Å². The molecule has 1 aliphatic rings. The maximum atomic E-state index is 12.9. The van der Waals surface area contributed by atoms with Crippen LogP contribution in [0.2, 0.25) is 0 Å². The molecule has 1 unspecified atom stereocenters. The Morgan fingerprint density at radius 2 is 1.94 bits per heavy atom. The van der Waals surface area contributed by atoms with E-state index in [1.807, 2.05) is 31.2 Å². The first-order chi connectivity index (χ1) is 15.3. The van der Waals surface area contributed by atoms with Gasteiger partial charge in [-0.05, 0) is 19.8 Å². The van der Waals surface area contributed by atoms with Gasteiger partial charge in [0.1, 0.15) is 10.4 Å². The fourth-order valence-corrected chi connectivity index (χ4v) is 4.43. The molecule has 1 aliphatic heterocycles. The average Bonchev–Trinajstić information content (AvgIpc) is 3.32. The fraction of sp³-hybridized carbons (Fsp3) is 0.409. The molecule has 1 atom stereocenters. The van der Waals surface area contributed by atoms with Crippen LogP contribution < -0.4 is 16.6 Å². The van der Waals surface area contributed by atoms with Crippen molar-refractivity contribution < 1.29 is 9.53 Å². The number of rotatable bonds is 6. The monoisotopic (exact) mass is 455 g/mol. The summed E-state index contributed by atoms with van der Waals surface area (Å²) in [5, 5.41) is 3.47. The van der Waals surface area contributed by atoms with Crippen LogP contribution in [0.15, 0.2) is 38.9 Å². The van der Waals surface area contributed by atoms with E-state index in [0.29, 0.717) is 17.4 Å². The van der Waals surface area contributed by atoms with Crippen LogP contribution >= 0.6 is 11.8 Å². The van der Waals surface area contributed by atoms with E-state index in [9.17, 15) is 14.4 Å². The zero-order valence-corrected chi connectivity index (χ0v) is 19.1. The number of aryl methyl sites for hydroxylation is 2. The highest BCUT2D eigenvalue weighted by molar-refractivity contribution is 8.00. The predicted octanol–water partition coefficient (Wildman–Crippen LogP) is 1.39. The average molecular weight is 456 g/mol. The van der Waals surface area contributed by atoms with Gasteiger partial charge in [-0.3, -0.25) is 18.7 Å². The van der Waals surface area contributed by atoms with Crippen LogP contribution in [0.5, 0.6) is 0 Å². The first kappa shape index (κ1) is 22.2. The van der Waals surface area contributed by atoms with Gasteiger partial charge in [0, 0.05) is 32.8 Å². The number of thioether (sulfide) groups is 1. The minimum absolute atomic E-state index is 0.0544. The topological polar surface area (TPSA) is 108 Å². The minimum atomic E-state index is -0.485. The second-order valence-electron chi connectivity index (χ2n) is 7.85. The third kappa shape index (κ3) is 4.46. The second-order valence-corrected chi connectivity index (χ2v) is 8.81. The molecule has 1 fully saturated rings. The fourth-order valence-electron chi connectivity index (χ4n) is 3.58. The highest BCUT2D eigenvalue weighted by Gasteiger charge is 2.20. The molecule has 1 amide bonds. The zero-order valence-electron chi connectivity index (χ0n) is 18.3. The lowest BCUT2D eigenvalue weighted by Gasteiger charge is -2.13. The summed E-state index contributed by atoms with van der Waals surface area (Å²) in [5.74, 6) is 0.303. The molecule has 2 aromatic heterocycles. The van der Waals surface area contributed by atoms with Crippen LogP contribution in [0.25, 0.3) is 22.4 Å². The number of hydrogen-bond donors (Lipinski definition) is 1. The molecule has 168 valence electrons. The number of fused-ring (bicyclic) bond motifs is 1. The Morgan fingerprint density at radius 3 is 2.62 bits per heavy atom. The van der Waals surface area contributed by atoms with Gasteiger partial charge in [0.25, 0.3) is 5.56 Å². The summed E-state index contributed by atoms with van der Waals surface area (Å²) in [5.41, 5.74) is 1.14. The van der Waals surface area contributed by atoms with E-state index in [2.05, 4.69) is 15.3 Å². The van der Waals surface area contributed by atoms with E-state index in [4.69, 9.17) is 4.74 Å². The Hall–Kier alpha value is -2.98. The summed E-state index contributed by atoms with van der Waals surface area (Å²) in [4.78, 5) is 46.9. The molecule has 9 nitrogen and oxygen atoms in total. The Kier molecular flexibility index (Phi) is 6.43. The van der Waals surface area contributed by atoms with Gasteiger partial charge in [-0.15, -0.1) is 0 Å². The van der Waals surface area contributed by atoms with Crippen LogP contribution in [0.4, 0.5) is 0 Å². The van der Waals surface area contributed by atoms with Gasteiger partial charge in [0.15, 0.2) is 11.5 Å². The first-order valence-electron chi connectivity index (χ1n) is 10.4. The van der Waals surface area contributed by atoms with E-state index >= 15 is 0 Å². The number of ether oxygens (including phenoxy) is 1. The third-order valence-electron chi connectivity index (χ3n) is 5.47. The molecular formula is C22H25N5O4S. The summed E-state index contributed by atoms with van der Waals surface area (Å²) >= 11 is 1.16. The third-order valence-corrected chi connectivity index (χ3v) is 6.44. The Morgan fingerprint density at radius 1 is 1.19 bits per heavy atom. The Bertz CT molecular complexity index is 1280. The molecule has 32 heavy (non-hydrogen) atoms. The standard InChI is InChI=1S/C22H25N5O4S/c1-13-6-8-14(9-7-13)18-24-19-17(21(29)27(3)22(30)26(19)2)20(25-18)32-12-16(28)23-11-15-5-4-10-31-15/h6-9,15H,4-5,10-12H2,1-3H3,(H,23,28). The van der Waals surface area contributed by atoms with Gasteiger partial charge in [0.2, 0.25) is 5.91 Å². The van der Waals surface area contributed by atoms with Crippen LogP contribution in [0, 0.1) is 6.92 Å². The van der Waals surface area contributed by atoms with Crippen molar-refractivity contribution in [2.75, 3.05) is 18.9 Å². The molecule has 3 aromatic rings. The summed E-state index contributed by atoms with van der Waals surface area (Å²) < 4.78 is 7.89. The van der Waals surface area contributed by atoms with Gasteiger partial charge in [-0.2, -0.15) is 0 Å². The summed E-state index contributed by atoms with van der Waals surface area (Å²) in [6.45, 7) is 3.18. The van der Waals surface area contributed by atoms with Crippen molar-refractivity contribution in [3.05, 3.63) is 50.7 Å². The van der Waals surface area contributed by atoms with Gasteiger partial charge in [-0.1, -0.05) is 41.6 Å². The summed E-state index contributed by atoms with van der Waals surface area (Å²) in [6.07, 6.45) is 2.00.